The molecule has 1 N–H and O–H groups in total. The molecule has 3 aromatic carbocycles. The van der Waals surface area contributed by atoms with E-state index in [1.165, 1.54) is 18.9 Å². The number of hydrogen-bond donors (Lipinski definition) is 1. The summed E-state index contributed by atoms with van der Waals surface area (Å²) in [6.07, 6.45) is 2.71. The number of hydrogen-bond acceptors (Lipinski definition) is 6. The minimum Gasteiger partial charge on any atom is -0.493 e. The van der Waals surface area contributed by atoms with Crippen LogP contribution in [0.1, 0.15) is 55.9 Å². The fraction of sp³-hybridized carbons (Fsp3) is 0.400. The Balaban J connectivity index is 0.000000335. The Morgan fingerprint density at radius 3 is 2.05 bits per heavy atom. The molecule has 7 heteroatoms. The molecule has 3 aromatic rings. The zero-order chi connectivity index (χ0) is 27.1. The van der Waals surface area contributed by atoms with E-state index in [-0.39, 0.29) is 4.90 Å². The van der Waals surface area contributed by atoms with Crippen LogP contribution in [0.3, 0.4) is 0 Å². The van der Waals surface area contributed by atoms with Gasteiger partial charge in [-0.3, -0.25) is 4.18 Å². The van der Waals surface area contributed by atoms with Crippen molar-refractivity contribution < 1.29 is 22.4 Å². The molecule has 0 heterocycles. The van der Waals surface area contributed by atoms with Crippen LogP contribution in [0.4, 0.5) is 0 Å². The van der Waals surface area contributed by atoms with Gasteiger partial charge in [0.15, 0.2) is 0 Å². The van der Waals surface area contributed by atoms with E-state index < -0.39 is 16.2 Å². The zero-order valence-electron chi connectivity index (χ0n) is 22.5. The predicted molar refractivity (Wildman–Crippen MR) is 149 cm³/mol. The molecule has 0 aliphatic carbocycles. The van der Waals surface area contributed by atoms with Gasteiger partial charge in [0.2, 0.25) is 0 Å². The molecule has 0 bridgehead atoms. The van der Waals surface area contributed by atoms with Crippen LogP contribution in [-0.4, -0.2) is 51.8 Å². The first-order chi connectivity index (χ1) is 17.8. The van der Waals surface area contributed by atoms with Crippen LogP contribution < -0.4 is 4.74 Å². The van der Waals surface area contributed by atoms with Crippen LogP contribution in [0, 0.1) is 6.92 Å². The maximum atomic E-state index is 11.2. The van der Waals surface area contributed by atoms with E-state index in [9.17, 15) is 13.5 Å². The second-order valence-corrected chi connectivity index (χ2v) is 10.5. The third-order valence-corrected chi connectivity index (χ3v) is 7.30. The van der Waals surface area contributed by atoms with Crippen LogP contribution in [0.25, 0.3) is 0 Å². The quantitative estimate of drug-likeness (QED) is 0.217. The molecule has 0 saturated carbocycles. The van der Waals surface area contributed by atoms with Crippen molar-refractivity contribution in [3.63, 3.8) is 0 Å². The third kappa shape index (κ3) is 9.93. The molecule has 0 spiro atoms. The van der Waals surface area contributed by atoms with Gasteiger partial charge in [-0.25, -0.2) is 0 Å². The highest BCUT2D eigenvalue weighted by Gasteiger charge is 2.15. The van der Waals surface area contributed by atoms with Crippen LogP contribution in [0.15, 0.2) is 83.8 Å². The average molecular weight is 528 g/mol. The number of nitrogens with zero attached hydrogens (tertiary/aromatic N) is 1. The Bertz CT molecular complexity index is 1150. The Hall–Kier alpha value is -2.71. The summed E-state index contributed by atoms with van der Waals surface area (Å²) in [6, 6.07) is 24.2. The van der Waals surface area contributed by atoms with Crippen LogP contribution in [0.2, 0.25) is 0 Å². The van der Waals surface area contributed by atoms with Gasteiger partial charge in [0.1, 0.15) is 11.9 Å². The molecule has 0 fully saturated rings. The first-order valence-corrected chi connectivity index (χ1v) is 14.3. The zero-order valence-corrected chi connectivity index (χ0v) is 23.3. The topological polar surface area (TPSA) is 76.1 Å². The summed E-state index contributed by atoms with van der Waals surface area (Å²) in [5.41, 5.74) is 2.41. The number of aryl methyl sites for hydroxylation is 1. The molecular formula is C30H41NO5S. The van der Waals surface area contributed by atoms with Crippen LogP contribution in [0.5, 0.6) is 5.75 Å². The minimum atomic E-state index is -3.53. The Kier molecular flexibility index (Phi) is 13.4. The van der Waals surface area contributed by atoms with E-state index in [0.717, 1.165) is 50.0 Å². The van der Waals surface area contributed by atoms with Gasteiger partial charge < -0.3 is 14.7 Å². The summed E-state index contributed by atoms with van der Waals surface area (Å²) in [5.74, 6) is 0.774. The molecular weight excluding hydrogens is 486 g/mol. The second-order valence-electron chi connectivity index (χ2n) is 8.78. The lowest BCUT2D eigenvalue weighted by atomic mass is 10.0. The van der Waals surface area contributed by atoms with E-state index in [1.807, 2.05) is 54.6 Å². The molecule has 3 rings (SSSR count). The molecule has 0 aliphatic heterocycles. The van der Waals surface area contributed by atoms with Crippen molar-refractivity contribution >= 4 is 10.1 Å². The molecule has 0 radical (unpaired) electrons. The lowest BCUT2D eigenvalue weighted by Crippen LogP contribution is -2.27. The predicted octanol–water partition coefficient (Wildman–Crippen LogP) is 5.99. The van der Waals surface area contributed by atoms with Crippen molar-refractivity contribution in [1.29, 1.82) is 0 Å². The van der Waals surface area contributed by atoms with Gasteiger partial charge in [-0.1, -0.05) is 80.6 Å². The van der Waals surface area contributed by atoms with Crippen LogP contribution in [-0.2, 0) is 14.3 Å². The summed E-state index contributed by atoms with van der Waals surface area (Å²) in [6.45, 7) is 10.2. The molecule has 1 atom stereocenters. The van der Waals surface area contributed by atoms with Crippen molar-refractivity contribution in [2.24, 2.45) is 0 Å². The Morgan fingerprint density at radius 1 is 0.838 bits per heavy atom. The molecule has 0 saturated heterocycles. The van der Waals surface area contributed by atoms with Crippen molar-refractivity contribution in [2.45, 2.75) is 51.0 Å². The Morgan fingerprint density at radius 2 is 1.43 bits per heavy atom. The van der Waals surface area contributed by atoms with Crippen molar-refractivity contribution in [2.75, 3.05) is 33.4 Å². The highest BCUT2D eigenvalue weighted by atomic mass is 32.2. The van der Waals surface area contributed by atoms with Gasteiger partial charge in [0.25, 0.3) is 10.1 Å². The number of benzene rings is 3. The minimum absolute atomic E-state index is 0.229. The molecule has 202 valence electrons. The average Bonchev–Trinajstić information content (AvgIpc) is 2.92. The first-order valence-electron chi connectivity index (χ1n) is 12.9. The maximum Gasteiger partial charge on any atom is 0.296 e. The van der Waals surface area contributed by atoms with Gasteiger partial charge in [-0.2, -0.15) is 8.42 Å². The van der Waals surface area contributed by atoms with E-state index >= 15 is 0 Å². The highest BCUT2D eigenvalue weighted by molar-refractivity contribution is 7.86. The second kappa shape index (κ2) is 16.2. The van der Waals surface area contributed by atoms with Gasteiger partial charge in [0, 0.05) is 12.1 Å². The lowest BCUT2D eigenvalue weighted by Gasteiger charge is -2.21. The number of aliphatic hydroxyl groups excluding tert-OH is 1. The third-order valence-electron chi connectivity index (χ3n) is 5.87. The van der Waals surface area contributed by atoms with Gasteiger partial charge in [-0.05, 0) is 62.5 Å². The maximum absolute atomic E-state index is 11.2. The molecule has 0 aromatic heterocycles. The van der Waals surface area contributed by atoms with E-state index in [0.29, 0.717) is 12.2 Å². The van der Waals surface area contributed by atoms with E-state index in [1.54, 1.807) is 25.1 Å². The molecule has 0 amide bonds. The molecule has 6 nitrogen and oxygen atoms in total. The largest absolute Gasteiger partial charge is 0.493 e. The number of ether oxygens (including phenoxy) is 1. The smallest absolute Gasteiger partial charge is 0.296 e. The Labute approximate surface area is 223 Å². The lowest BCUT2D eigenvalue weighted by molar-refractivity contribution is 0.204. The SMILES string of the molecule is CCCN(CCC)CCCOc1ccccc1C(O)c1ccccc1.COS(=O)(=O)c1ccccc1C. The number of aliphatic hydroxyl groups is 1. The van der Waals surface area contributed by atoms with E-state index in [2.05, 4.69) is 22.9 Å². The molecule has 1 unspecified atom stereocenters. The monoisotopic (exact) mass is 527 g/mol. The van der Waals surface area contributed by atoms with E-state index in [4.69, 9.17) is 4.74 Å². The van der Waals surface area contributed by atoms with Crippen molar-refractivity contribution in [1.82, 2.24) is 4.90 Å². The summed E-state index contributed by atoms with van der Waals surface area (Å²) in [5, 5.41) is 10.7. The highest BCUT2D eigenvalue weighted by Crippen LogP contribution is 2.29. The first kappa shape index (κ1) is 30.5. The van der Waals surface area contributed by atoms with Crippen molar-refractivity contribution in [3.8, 4) is 5.75 Å². The van der Waals surface area contributed by atoms with Gasteiger partial charge in [0.05, 0.1) is 18.6 Å². The number of para-hydroxylation sites is 1. The summed E-state index contributed by atoms with van der Waals surface area (Å²) < 4.78 is 32.8. The standard InChI is InChI=1S/C22H31NO2.C8H10O3S/c1-3-15-23(16-4-2)17-10-18-25-21-14-9-8-13-20(21)22(24)19-11-6-5-7-12-19;1-7-5-3-4-6-8(7)12(9,10)11-2/h5-9,11-14,22,24H,3-4,10,15-18H2,1-2H3;3-6H,1-2H3. The van der Waals surface area contributed by atoms with Gasteiger partial charge in [-0.15, -0.1) is 0 Å². The summed E-state index contributed by atoms with van der Waals surface area (Å²) in [4.78, 5) is 2.72. The fourth-order valence-corrected chi connectivity index (χ4v) is 4.90. The number of rotatable bonds is 13. The van der Waals surface area contributed by atoms with Crippen molar-refractivity contribution in [3.05, 3.63) is 95.6 Å². The fourth-order valence-electron chi connectivity index (χ4n) is 4.02. The van der Waals surface area contributed by atoms with Gasteiger partial charge >= 0.3 is 0 Å². The molecule has 0 aliphatic rings. The summed E-state index contributed by atoms with van der Waals surface area (Å²) >= 11 is 0. The normalized spacial score (nSPS) is 12.1. The van der Waals surface area contributed by atoms with Crippen LogP contribution >= 0.6 is 0 Å². The summed E-state index contributed by atoms with van der Waals surface area (Å²) in [7, 11) is -2.37. The molecule has 37 heavy (non-hydrogen) atoms.